The third-order valence-electron chi connectivity index (χ3n) is 3.26. The van der Waals surface area contributed by atoms with E-state index in [-0.39, 0.29) is 19.9 Å². The van der Waals surface area contributed by atoms with Gasteiger partial charge in [-0.25, -0.2) is 15.4 Å². The van der Waals surface area contributed by atoms with Crippen LogP contribution >= 0.6 is 0 Å². The molecule has 1 aromatic carbocycles. The fourth-order valence-electron chi connectivity index (χ4n) is 1.87. The first-order chi connectivity index (χ1) is 13.0. The Balaban J connectivity index is 0.00000392. The van der Waals surface area contributed by atoms with E-state index in [4.69, 9.17) is 16.7 Å². The van der Waals surface area contributed by atoms with Crippen LogP contribution in [0.2, 0.25) is 0 Å². The number of aromatic nitrogens is 2. The van der Waals surface area contributed by atoms with Gasteiger partial charge in [-0.2, -0.15) is 0 Å². The number of nitrogen functional groups attached to an aromatic ring is 1. The molecule has 0 aliphatic carbocycles. The number of nitrogens with zero attached hydrogens (tertiary/aromatic N) is 2. The molecule has 0 unspecified atom stereocenters. The van der Waals surface area contributed by atoms with E-state index >= 15 is 0 Å². The number of rotatable bonds is 4. The molecule has 0 saturated carbocycles. The molecule has 2 rings (SSSR count). The Kier molecular flexibility index (Phi) is 8.64. The van der Waals surface area contributed by atoms with E-state index < -0.39 is 17.9 Å². The number of benzene rings is 1. The van der Waals surface area contributed by atoms with Crippen LogP contribution in [0.1, 0.15) is 28.9 Å². The number of hydroxylamine groups is 1. The Morgan fingerprint density at radius 1 is 1.07 bits per heavy atom. The van der Waals surface area contributed by atoms with Crippen molar-refractivity contribution in [2.24, 2.45) is 5.73 Å². The van der Waals surface area contributed by atoms with Gasteiger partial charge in [-0.05, 0) is 42.0 Å². The van der Waals surface area contributed by atoms with Gasteiger partial charge in [0.05, 0.1) is 5.56 Å². The summed E-state index contributed by atoms with van der Waals surface area (Å²) < 4.78 is 0. The highest BCUT2D eigenvalue weighted by molar-refractivity contribution is 5.97. The zero-order chi connectivity index (χ0) is 19.6. The van der Waals surface area contributed by atoms with E-state index in [0.29, 0.717) is 16.7 Å². The summed E-state index contributed by atoms with van der Waals surface area (Å²) in [4.78, 5) is 31.0. The normalized spacial score (nSPS) is 10.1. The first-order valence-corrected chi connectivity index (χ1v) is 7.68. The van der Waals surface area contributed by atoms with Gasteiger partial charge in [-0.15, -0.1) is 0 Å². The lowest BCUT2D eigenvalue weighted by Crippen LogP contribution is -2.50. The number of amides is 2. The van der Waals surface area contributed by atoms with E-state index in [1.807, 2.05) is 0 Å². The Morgan fingerprint density at radius 2 is 1.64 bits per heavy atom. The lowest BCUT2D eigenvalue weighted by Gasteiger charge is -2.14. The summed E-state index contributed by atoms with van der Waals surface area (Å²) in [5.41, 5.74) is 13.8. The predicted octanol–water partition coefficient (Wildman–Crippen LogP) is -0.339. The summed E-state index contributed by atoms with van der Waals surface area (Å²) in [7, 11) is 0. The van der Waals surface area contributed by atoms with Crippen molar-refractivity contribution < 1.29 is 14.8 Å². The number of hydrogen-bond acceptors (Lipinski definition) is 7. The van der Waals surface area contributed by atoms with Crippen LogP contribution in [-0.2, 0) is 4.79 Å². The van der Waals surface area contributed by atoms with Crippen molar-refractivity contribution in [1.82, 2.24) is 20.8 Å². The molecule has 2 aromatic rings. The Morgan fingerprint density at radius 3 is 2.18 bits per heavy atom. The first-order valence-electron chi connectivity index (χ1n) is 7.68. The minimum absolute atomic E-state index is 0. The lowest BCUT2D eigenvalue weighted by molar-refractivity contribution is -0.130. The van der Waals surface area contributed by atoms with Gasteiger partial charge in [0.1, 0.15) is 6.04 Å². The molecule has 1 aromatic heterocycles. The number of nitrogens with two attached hydrogens (primary N) is 2. The standard InChI is InChI=1S/C18H16N6O3.CH4/c19-9-15(17(26)24-27)23-16(25)14-7-5-12(6-8-14)3-1-2-4-13-10-21-18(20)22-11-13;/h5-8,10-11,15,27H,9,19H2,(H,23,25)(H,24,26)(H2,20,21,22);1H4/t15-;/m0./s1. The van der Waals surface area contributed by atoms with Crippen molar-refractivity contribution in [2.45, 2.75) is 13.5 Å². The summed E-state index contributed by atoms with van der Waals surface area (Å²) in [5, 5.41) is 11.0. The van der Waals surface area contributed by atoms with Crippen molar-refractivity contribution in [3.63, 3.8) is 0 Å². The monoisotopic (exact) mass is 380 g/mol. The SMILES string of the molecule is C.NC[C@H](NC(=O)c1ccc(C#CC#Cc2cnc(N)nc2)cc1)C(=O)NO. The lowest BCUT2D eigenvalue weighted by atomic mass is 10.1. The molecule has 0 bridgehead atoms. The van der Waals surface area contributed by atoms with Gasteiger partial charge in [-0.1, -0.05) is 13.3 Å². The quantitative estimate of drug-likeness (QED) is 0.276. The Labute approximate surface area is 162 Å². The molecule has 0 aliphatic heterocycles. The smallest absolute Gasteiger partial charge is 0.267 e. The summed E-state index contributed by atoms with van der Waals surface area (Å²) in [6, 6.07) is 5.34. The van der Waals surface area contributed by atoms with Crippen LogP contribution in [0.5, 0.6) is 0 Å². The van der Waals surface area contributed by atoms with Gasteiger partial charge in [0.25, 0.3) is 11.8 Å². The van der Waals surface area contributed by atoms with E-state index in [1.54, 1.807) is 24.3 Å². The third kappa shape index (κ3) is 6.42. The van der Waals surface area contributed by atoms with E-state index in [0.717, 1.165) is 0 Å². The van der Waals surface area contributed by atoms with Crippen molar-refractivity contribution in [2.75, 3.05) is 12.3 Å². The van der Waals surface area contributed by atoms with E-state index in [9.17, 15) is 9.59 Å². The predicted molar refractivity (Wildman–Crippen MR) is 104 cm³/mol. The van der Waals surface area contributed by atoms with Crippen LogP contribution in [0.4, 0.5) is 5.95 Å². The average molecular weight is 380 g/mol. The molecule has 28 heavy (non-hydrogen) atoms. The summed E-state index contributed by atoms with van der Waals surface area (Å²) >= 11 is 0. The molecule has 1 atom stereocenters. The number of carbonyl (C=O) groups is 2. The maximum atomic E-state index is 12.1. The van der Waals surface area contributed by atoms with Crippen LogP contribution in [-0.4, -0.2) is 39.6 Å². The highest BCUT2D eigenvalue weighted by Crippen LogP contribution is 2.04. The molecule has 0 radical (unpaired) electrons. The summed E-state index contributed by atoms with van der Waals surface area (Å²) in [5.74, 6) is 9.83. The van der Waals surface area contributed by atoms with Gasteiger partial charge in [-0.3, -0.25) is 14.8 Å². The molecule has 0 spiro atoms. The number of carbonyl (C=O) groups excluding carboxylic acids is 2. The number of nitrogens with one attached hydrogen (secondary N) is 2. The second-order valence-corrected chi connectivity index (χ2v) is 5.15. The molecule has 7 N–H and O–H groups in total. The molecule has 9 heteroatoms. The van der Waals surface area contributed by atoms with Crippen LogP contribution < -0.4 is 22.3 Å². The van der Waals surface area contributed by atoms with Gasteiger partial charge >= 0.3 is 0 Å². The van der Waals surface area contributed by atoms with Crippen molar-refractivity contribution in [3.8, 4) is 23.7 Å². The van der Waals surface area contributed by atoms with E-state index in [1.165, 1.54) is 17.9 Å². The van der Waals surface area contributed by atoms with Crippen LogP contribution in [0.3, 0.4) is 0 Å². The molecule has 2 amide bonds. The topological polar surface area (TPSA) is 156 Å². The third-order valence-corrected chi connectivity index (χ3v) is 3.26. The van der Waals surface area contributed by atoms with Gasteiger partial charge in [0.2, 0.25) is 5.95 Å². The molecule has 144 valence electrons. The van der Waals surface area contributed by atoms with Crippen LogP contribution in [0.15, 0.2) is 36.7 Å². The average Bonchev–Trinajstić information content (AvgIpc) is 2.70. The van der Waals surface area contributed by atoms with Crippen LogP contribution in [0, 0.1) is 23.7 Å². The van der Waals surface area contributed by atoms with Gasteiger partial charge < -0.3 is 16.8 Å². The minimum atomic E-state index is -1.03. The van der Waals surface area contributed by atoms with E-state index in [2.05, 4.69) is 39.0 Å². The van der Waals surface area contributed by atoms with Crippen molar-refractivity contribution >= 4 is 17.8 Å². The fraction of sp³-hybridized carbons (Fsp3) is 0.158. The fourth-order valence-corrected chi connectivity index (χ4v) is 1.87. The van der Waals surface area contributed by atoms with Gasteiger partial charge in [0, 0.05) is 30.1 Å². The summed E-state index contributed by atoms with van der Waals surface area (Å²) in [6.45, 7) is -0.153. The maximum Gasteiger partial charge on any atom is 0.267 e. The zero-order valence-electron chi connectivity index (χ0n) is 14.1. The zero-order valence-corrected chi connectivity index (χ0v) is 14.1. The molecule has 0 saturated heterocycles. The molecule has 0 aliphatic rings. The van der Waals surface area contributed by atoms with Gasteiger partial charge in [0.15, 0.2) is 0 Å². The Bertz CT molecular complexity index is 934. The molecule has 1 heterocycles. The Hall–Kier alpha value is -3.92. The highest BCUT2D eigenvalue weighted by Gasteiger charge is 2.19. The largest absolute Gasteiger partial charge is 0.368 e. The van der Waals surface area contributed by atoms with Crippen LogP contribution in [0.25, 0.3) is 0 Å². The maximum absolute atomic E-state index is 12.1. The summed E-state index contributed by atoms with van der Waals surface area (Å²) in [6.07, 6.45) is 2.99. The van der Waals surface area contributed by atoms with Crippen molar-refractivity contribution in [1.29, 1.82) is 0 Å². The number of anilines is 1. The molecule has 9 nitrogen and oxygen atoms in total. The van der Waals surface area contributed by atoms with Crippen molar-refractivity contribution in [3.05, 3.63) is 53.3 Å². The number of hydrogen-bond donors (Lipinski definition) is 5. The molecular weight excluding hydrogens is 360 g/mol. The molecule has 0 fully saturated rings. The minimum Gasteiger partial charge on any atom is -0.368 e. The molecular formula is C19H20N6O3. The second-order valence-electron chi connectivity index (χ2n) is 5.15. The second kappa shape index (κ2) is 10.9. The first kappa shape index (κ1) is 22.1. The highest BCUT2D eigenvalue weighted by atomic mass is 16.5.